The van der Waals surface area contributed by atoms with Crippen molar-refractivity contribution in [1.82, 2.24) is 4.57 Å². The molecule has 3 rings (SSSR count). The summed E-state index contributed by atoms with van der Waals surface area (Å²) in [5.74, 6) is 0.0146. The number of amides is 2. The van der Waals surface area contributed by atoms with Gasteiger partial charge in [0.2, 0.25) is 0 Å². The lowest BCUT2D eigenvalue weighted by Crippen LogP contribution is -2.19. The van der Waals surface area contributed by atoms with Crippen molar-refractivity contribution in [3.05, 3.63) is 76.5 Å². The Kier molecular flexibility index (Phi) is 5.61. The van der Waals surface area contributed by atoms with Crippen LogP contribution in [0.1, 0.15) is 20.8 Å². The fourth-order valence-electron chi connectivity index (χ4n) is 2.63. The molecule has 27 heavy (non-hydrogen) atoms. The number of carbonyl (C=O) groups is 2. The summed E-state index contributed by atoms with van der Waals surface area (Å²) >= 11 is 3.35. The predicted molar refractivity (Wildman–Crippen MR) is 108 cm³/mol. The summed E-state index contributed by atoms with van der Waals surface area (Å²) < 4.78 is 7.68. The third kappa shape index (κ3) is 4.38. The number of hydrogen-bond donors (Lipinski definition) is 2. The number of aromatic nitrogens is 1. The molecule has 2 amide bonds. The largest absolute Gasteiger partial charge is 0.497 e. The Morgan fingerprint density at radius 2 is 1.78 bits per heavy atom. The van der Waals surface area contributed by atoms with Crippen LogP contribution in [0, 0.1) is 0 Å². The average Bonchev–Trinajstić information content (AvgIpc) is 3.00. The Labute approximate surface area is 165 Å². The maximum atomic E-state index is 12.7. The number of benzene rings is 2. The second-order valence-electron chi connectivity index (χ2n) is 5.84. The molecule has 1 aromatic heterocycles. The van der Waals surface area contributed by atoms with Gasteiger partial charge in [-0.25, -0.2) is 0 Å². The van der Waals surface area contributed by atoms with Crippen molar-refractivity contribution in [2.45, 2.75) is 0 Å². The molecule has 0 saturated heterocycles. The summed E-state index contributed by atoms with van der Waals surface area (Å²) in [5.41, 5.74) is 1.87. The van der Waals surface area contributed by atoms with Gasteiger partial charge >= 0.3 is 0 Å². The topological polar surface area (TPSA) is 72.4 Å². The molecule has 2 aromatic carbocycles. The van der Waals surface area contributed by atoms with Crippen LogP contribution < -0.4 is 15.4 Å². The van der Waals surface area contributed by atoms with E-state index in [-0.39, 0.29) is 11.8 Å². The van der Waals surface area contributed by atoms with E-state index in [1.54, 1.807) is 79.5 Å². The molecule has 0 aliphatic carbocycles. The van der Waals surface area contributed by atoms with Crippen LogP contribution in [0.15, 0.2) is 65.3 Å². The van der Waals surface area contributed by atoms with Crippen molar-refractivity contribution in [1.29, 1.82) is 0 Å². The molecule has 138 valence electrons. The Morgan fingerprint density at radius 3 is 2.48 bits per heavy atom. The molecule has 0 aliphatic rings. The first-order valence-electron chi connectivity index (χ1n) is 8.15. The van der Waals surface area contributed by atoms with Gasteiger partial charge in [0.25, 0.3) is 11.8 Å². The predicted octanol–water partition coefficient (Wildman–Crippen LogP) is 4.30. The quantitative estimate of drug-likeness (QED) is 0.637. The normalized spacial score (nSPS) is 10.3. The summed E-state index contributed by atoms with van der Waals surface area (Å²) in [7, 11) is 3.34. The molecule has 0 aliphatic heterocycles. The summed E-state index contributed by atoms with van der Waals surface area (Å²) in [4.78, 5) is 25.3. The zero-order valence-corrected chi connectivity index (χ0v) is 16.4. The van der Waals surface area contributed by atoms with Crippen molar-refractivity contribution >= 4 is 39.1 Å². The SMILES string of the molecule is COc1cccc(NC(=O)c2ccccc2NC(=O)c2cc(Br)cn2C)c1. The Morgan fingerprint density at radius 1 is 1.00 bits per heavy atom. The summed E-state index contributed by atoms with van der Waals surface area (Å²) in [6.45, 7) is 0. The lowest BCUT2D eigenvalue weighted by atomic mass is 10.1. The highest BCUT2D eigenvalue weighted by atomic mass is 79.9. The maximum absolute atomic E-state index is 12.7. The number of aryl methyl sites for hydroxylation is 1. The molecule has 6 nitrogen and oxygen atoms in total. The van der Waals surface area contributed by atoms with Gasteiger partial charge in [-0.1, -0.05) is 18.2 Å². The van der Waals surface area contributed by atoms with Gasteiger partial charge in [0.1, 0.15) is 11.4 Å². The third-order valence-electron chi connectivity index (χ3n) is 3.95. The zero-order valence-electron chi connectivity index (χ0n) is 14.8. The molecule has 0 atom stereocenters. The number of para-hydroxylation sites is 1. The van der Waals surface area contributed by atoms with Crippen LogP contribution in [0.2, 0.25) is 0 Å². The number of methoxy groups -OCH3 is 1. The average molecular weight is 428 g/mol. The highest BCUT2D eigenvalue weighted by molar-refractivity contribution is 9.10. The molecule has 2 N–H and O–H groups in total. The van der Waals surface area contributed by atoms with Crippen molar-refractivity contribution in [2.24, 2.45) is 7.05 Å². The van der Waals surface area contributed by atoms with Gasteiger partial charge in [-0.2, -0.15) is 0 Å². The van der Waals surface area contributed by atoms with Crippen molar-refractivity contribution < 1.29 is 14.3 Å². The van der Waals surface area contributed by atoms with Crippen molar-refractivity contribution in [3.8, 4) is 5.75 Å². The van der Waals surface area contributed by atoms with Gasteiger partial charge < -0.3 is 19.9 Å². The number of halogens is 1. The van der Waals surface area contributed by atoms with Crippen LogP contribution in [0.25, 0.3) is 0 Å². The van der Waals surface area contributed by atoms with Gasteiger partial charge in [-0.15, -0.1) is 0 Å². The first-order chi connectivity index (χ1) is 13.0. The summed E-state index contributed by atoms with van der Waals surface area (Å²) in [6, 6.07) is 15.6. The lowest BCUT2D eigenvalue weighted by Gasteiger charge is -2.12. The molecule has 7 heteroatoms. The van der Waals surface area contributed by atoms with Crippen LogP contribution in [0.5, 0.6) is 5.75 Å². The highest BCUT2D eigenvalue weighted by Gasteiger charge is 2.16. The molecule has 0 unspecified atom stereocenters. The molecule has 0 saturated carbocycles. The van der Waals surface area contributed by atoms with Gasteiger partial charge in [0.05, 0.1) is 18.4 Å². The van der Waals surface area contributed by atoms with Gasteiger partial charge in [0, 0.05) is 29.5 Å². The minimum atomic E-state index is -0.327. The van der Waals surface area contributed by atoms with E-state index >= 15 is 0 Å². The number of hydrogen-bond acceptors (Lipinski definition) is 3. The Balaban J connectivity index is 1.81. The van der Waals surface area contributed by atoms with E-state index in [1.807, 2.05) is 0 Å². The number of rotatable bonds is 5. The Bertz CT molecular complexity index is 998. The van der Waals surface area contributed by atoms with E-state index in [2.05, 4.69) is 26.6 Å². The minimum Gasteiger partial charge on any atom is -0.497 e. The molecule has 0 bridgehead atoms. The van der Waals surface area contributed by atoms with Gasteiger partial charge in [-0.05, 0) is 46.3 Å². The van der Waals surface area contributed by atoms with Gasteiger partial charge in [-0.3, -0.25) is 9.59 Å². The van der Waals surface area contributed by atoms with E-state index in [0.717, 1.165) is 4.47 Å². The van der Waals surface area contributed by atoms with Crippen LogP contribution in [0.3, 0.4) is 0 Å². The first kappa shape index (κ1) is 18.7. The summed E-state index contributed by atoms with van der Waals surface area (Å²) in [5, 5.41) is 5.62. The molecular formula is C20H18BrN3O3. The van der Waals surface area contributed by atoms with E-state index in [1.165, 1.54) is 0 Å². The van der Waals surface area contributed by atoms with E-state index in [4.69, 9.17) is 4.74 Å². The Hall–Kier alpha value is -3.06. The first-order valence-corrected chi connectivity index (χ1v) is 8.95. The monoisotopic (exact) mass is 427 g/mol. The van der Waals surface area contributed by atoms with E-state index < -0.39 is 0 Å². The number of nitrogens with zero attached hydrogens (tertiary/aromatic N) is 1. The molecule has 0 radical (unpaired) electrons. The lowest BCUT2D eigenvalue weighted by molar-refractivity contribution is 0.101. The van der Waals surface area contributed by atoms with Crippen molar-refractivity contribution in [2.75, 3.05) is 17.7 Å². The van der Waals surface area contributed by atoms with Crippen molar-refractivity contribution in [3.63, 3.8) is 0 Å². The van der Waals surface area contributed by atoms with Crippen LogP contribution in [-0.4, -0.2) is 23.5 Å². The molecule has 0 fully saturated rings. The second-order valence-corrected chi connectivity index (χ2v) is 6.76. The zero-order chi connectivity index (χ0) is 19.4. The maximum Gasteiger partial charge on any atom is 0.272 e. The molecule has 0 spiro atoms. The van der Waals surface area contributed by atoms with E-state index in [0.29, 0.717) is 28.4 Å². The smallest absolute Gasteiger partial charge is 0.272 e. The minimum absolute atomic E-state index is 0.301. The number of carbonyl (C=O) groups excluding carboxylic acids is 2. The fourth-order valence-corrected chi connectivity index (χ4v) is 3.15. The van der Waals surface area contributed by atoms with Crippen LogP contribution in [-0.2, 0) is 7.05 Å². The highest BCUT2D eigenvalue weighted by Crippen LogP contribution is 2.21. The van der Waals surface area contributed by atoms with Gasteiger partial charge in [0.15, 0.2) is 0 Å². The standard InChI is InChI=1S/C20H18BrN3O3/c1-24-12-13(21)10-18(24)20(26)23-17-9-4-3-8-16(17)19(25)22-14-6-5-7-15(11-14)27-2/h3-12H,1-2H3,(H,22,25)(H,23,26). The van der Waals surface area contributed by atoms with Crippen LogP contribution in [0.4, 0.5) is 11.4 Å². The van der Waals surface area contributed by atoms with E-state index in [9.17, 15) is 9.59 Å². The summed E-state index contributed by atoms with van der Waals surface area (Å²) in [6.07, 6.45) is 1.79. The number of nitrogens with one attached hydrogen (secondary N) is 2. The molecular weight excluding hydrogens is 410 g/mol. The third-order valence-corrected chi connectivity index (χ3v) is 4.39. The molecule has 1 heterocycles. The second kappa shape index (κ2) is 8.09. The fraction of sp³-hybridized carbons (Fsp3) is 0.100. The van der Waals surface area contributed by atoms with Crippen LogP contribution >= 0.6 is 15.9 Å². The molecule has 3 aromatic rings. The number of anilines is 2. The number of ether oxygens (including phenoxy) is 1.